The highest BCUT2D eigenvalue weighted by Gasteiger charge is 2.18. The van der Waals surface area contributed by atoms with E-state index in [9.17, 15) is 9.90 Å². The summed E-state index contributed by atoms with van der Waals surface area (Å²) in [7, 11) is 2.45. The van der Waals surface area contributed by atoms with Crippen molar-refractivity contribution in [1.82, 2.24) is 0 Å². The largest absolute Gasteiger partial charge is 0.550 e. The van der Waals surface area contributed by atoms with Gasteiger partial charge >= 0.3 is 0 Å². The Labute approximate surface area is 165 Å². The van der Waals surface area contributed by atoms with Crippen LogP contribution in [0.5, 0.6) is 0 Å². The molecule has 0 aliphatic carbocycles. The summed E-state index contributed by atoms with van der Waals surface area (Å²) in [6, 6.07) is 0. The van der Waals surface area contributed by atoms with Crippen LogP contribution in [0.25, 0.3) is 0 Å². The molecule has 0 aromatic carbocycles. The normalized spacial score (nSPS) is 11.8. The summed E-state index contributed by atoms with van der Waals surface area (Å²) >= 11 is 0. The number of carboxylic acid groups (broad SMARTS) is 1. The highest BCUT2D eigenvalue weighted by molar-refractivity contribution is 5.63. The van der Waals surface area contributed by atoms with E-state index >= 15 is 0 Å². The van der Waals surface area contributed by atoms with E-state index in [1.54, 1.807) is 0 Å². The topological polar surface area (TPSA) is 40.1 Å². The van der Waals surface area contributed by atoms with Crippen LogP contribution in [-0.2, 0) is 4.79 Å². The number of quaternary nitrogens is 1. The second-order valence-electron chi connectivity index (χ2n) is 9.34. The average Bonchev–Trinajstić information content (AvgIpc) is 2.55. The first-order valence-corrected chi connectivity index (χ1v) is 11.1. The van der Waals surface area contributed by atoms with Crippen LogP contribution in [0.2, 0.25) is 0 Å². The summed E-state index contributed by atoms with van der Waals surface area (Å²) in [6.07, 6.45) is 12.5. The third-order valence-electron chi connectivity index (χ3n) is 4.96. The molecule has 0 unspecified atom stereocenters. The highest BCUT2D eigenvalue weighted by atomic mass is 16.4. The number of nitrogens with zero attached hydrogens (tertiary/aromatic N) is 1. The number of unbranched alkanes of at least 4 members (excludes halogenated alkanes) is 5. The first kappa shape index (κ1) is 27.6. The number of hydrogen-bond donors (Lipinski definition) is 0. The molecule has 0 saturated heterocycles. The van der Waals surface area contributed by atoms with Crippen molar-refractivity contribution in [3.63, 3.8) is 0 Å². The van der Waals surface area contributed by atoms with Gasteiger partial charge in [0.2, 0.25) is 0 Å². The van der Waals surface area contributed by atoms with Gasteiger partial charge in [0, 0.05) is 5.97 Å². The molecule has 0 heterocycles. The molecule has 3 nitrogen and oxygen atoms in total. The lowest BCUT2D eigenvalue weighted by Crippen LogP contribution is -2.46. The molecule has 0 aliphatic rings. The van der Waals surface area contributed by atoms with Gasteiger partial charge in [0.15, 0.2) is 0 Å². The fraction of sp³-hybridized carbons (Fsp3) is 0.957. The third-order valence-corrected chi connectivity index (χ3v) is 4.96. The van der Waals surface area contributed by atoms with Gasteiger partial charge in [0.25, 0.3) is 0 Å². The number of rotatable bonds is 14. The molecule has 158 valence electrons. The van der Waals surface area contributed by atoms with Gasteiger partial charge in [-0.15, -0.1) is 0 Å². The zero-order valence-electron chi connectivity index (χ0n) is 19.2. The molecule has 0 saturated carbocycles. The molecule has 0 amide bonds. The maximum Gasteiger partial charge on any atom is 0.0784 e. The summed E-state index contributed by atoms with van der Waals surface area (Å²) in [4.78, 5) is 10.0. The van der Waals surface area contributed by atoms with Crippen LogP contribution in [-0.4, -0.2) is 37.1 Å². The van der Waals surface area contributed by atoms with Crippen molar-refractivity contribution in [2.45, 2.75) is 112 Å². The van der Waals surface area contributed by atoms with E-state index in [0.29, 0.717) is 5.41 Å². The molecule has 0 fully saturated rings. The van der Waals surface area contributed by atoms with E-state index in [0.717, 1.165) is 19.3 Å². The molecular formula is C23H49NO2. The minimum Gasteiger partial charge on any atom is -0.550 e. The van der Waals surface area contributed by atoms with Crippen LogP contribution in [0.3, 0.4) is 0 Å². The summed E-state index contributed by atoms with van der Waals surface area (Å²) in [6.45, 7) is 17.6. The molecule has 0 N–H and O–H groups in total. The van der Waals surface area contributed by atoms with Crippen LogP contribution in [0.4, 0.5) is 0 Å². The van der Waals surface area contributed by atoms with Crippen molar-refractivity contribution >= 4 is 5.97 Å². The average molecular weight is 372 g/mol. The lowest BCUT2D eigenvalue weighted by molar-refractivity contribution is -0.910. The predicted octanol–water partition coefficient (Wildman–Crippen LogP) is 5.57. The second kappa shape index (κ2) is 16.6. The molecule has 3 heteroatoms. The van der Waals surface area contributed by atoms with Gasteiger partial charge in [-0.05, 0) is 43.9 Å². The monoisotopic (exact) mass is 371 g/mol. The first-order valence-electron chi connectivity index (χ1n) is 11.1. The Morgan fingerprint density at radius 3 is 1.50 bits per heavy atom. The van der Waals surface area contributed by atoms with Gasteiger partial charge in [0.05, 0.1) is 26.7 Å². The molecule has 0 rings (SSSR count). The zero-order valence-corrected chi connectivity index (χ0v) is 19.2. The van der Waals surface area contributed by atoms with Crippen molar-refractivity contribution in [3.05, 3.63) is 0 Å². The summed E-state index contributed by atoms with van der Waals surface area (Å²) < 4.78 is 1.32. The van der Waals surface area contributed by atoms with Crippen LogP contribution in [0.15, 0.2) is 0 Å². The van der Waals surface area contributed by atoms with E-state index in [1.807, 2.05) is 0 Å². The van der Waals surface area contributed by atoms with Gasteiger partial charge in [0.1, 0.15) is 0 Å². The fourth-order valence-corrected chi connectivity index (χ4v) is 3.06. The maximum absolute atomic E-state index is 10.0. The maximum atomic E-state index is 10.0. The molecular weight excluding hydrogens is 322 g/mol. The SMILES string of the molecule is CC(C)(C)CCCCCC(=O)[O-].CCCC[N+](C)(CCCC)CCCC. The number of hydrogen-bond acceptors (Lipinski definition) is 2. The Hall–Kier alpha value is -0.570. The van der Waals surface area contributed by atoms with E-state index in [-0.39, 0.29) is 6.42 Å². The summed E-state index contributed by atoms with van der Waals surface area (Å²) in [5.74, 6) is -0.925. The predicted molar refractivity (Wildman–Crippen MR) is 113 cm³/mol. The van der Waals surface area contributed by atoms with Crippen molar-refractivity contribution in [2.75, 3.05) is 26.7 Å². The van der Waals surface area contributed by atoms with E-state index in [1.165, 1.54) is 69.1 Å². The van der Waals surface area contributed by atoms with Crippen LogP contribution in [0, 0.1) is 5.41 Å². The molecule has 0 aromatic heterocycles. The fourth-order valence-electron chi connectivity index (χ4n) is 3.06. The third kappa shape index (κ3) is 21.5. The molecule has 26 heavy (non-hydrogen) atoms. The molecule has 0 radical (unpaired) electrons. The minimum absolute atomic E-state index is 0.212. The number of carboxylic acids is 1. The molecule has 0 atom stereocenters. The molecule has 0 spiro atoms. The Kier molecular flexibility index (Phi) is 17.6. The van der Waals surface area contributed by atoms with Crippen molar-refractivity contribution < 1.29 is 14.4 Å². The van der Waals surface area contributed by atoms with E-state index < -0.39 is 5.97 Å². The number of carbonyl (C=O) groups is 1. The van der Waals surface area contributed by atoms with Crippen LogP contribution < -0.4 is 5.11 Å². The summed E-state index contributed by atoms with van der Waals surface area (Å²) in [5.41, 5.74) is 0.376. The Balaban J connectivity index is 0. The number of aliphatic carboxylic acids is 1. The molecule has 0 aromatic rings. The van der Waals surface area contributed by atoms with Crippen LogP contribution >= 0.6 is 0 Å². The van der Waals surface area contributed by atoms with E-state index in [4.69, 9.17) is 0 Å². The van der Waals surface area contributed by atoms with Crippen molar-refractivity contribution in [2.24, 2.45) is 5.41 Å². The van der Waals surface area contributed by atoms with Gasteiger partial charge in [-0.1, -0.05) is 73.6 Å². The van der Waals surface area contributed by atoms with Crippen LogP contribution in [0.1, 0.15) is 112 Å². The van der Waals surface area contributed by atoms with Gasteiger partial charge in [-0.2, -0.15) is 0 Å². The minimum atomic E-state index is -0.925. The smallest absolute Gasteiger partial charge is 0.0784 e. The van der Waals surface area contributed by atoms with Gasteiger partial charge in [-0.3, -0.25) is 0 Å². The first-order chi connectivity index (χ1) is 12.1. The number of carbonyl (C=O) groups excluding carboxylic acids is 1. The molecule has 0 aliphatic heterocycles. The summed E-state index contributed by atoms with van der Waals surface area (Å²) in [5, 5.41) is 10.0. The Bertz CT molecular complexity index is 299. The molecule has 0 bridgehead atoms. The Morgan fingerprint density at radius 1 is 0.769 bits per heavy atom. The Morgan fingerprint density at radius 2 is 1.19 bits per heavy atom. The quantitative estimate of drug-likeness (QED) is 0.296. The van der Waals surface area contributed by atoms with Crippen molar-refractivity contribution in [3.8, 4) is 0 Å². The zero-order chi connectivity index (χ0) is 20.5. The van der Waals surface area contributed by atoms with Crippen molar-refractivity contribution in [1.29, 1.82) is 0 Å². The second-order valence-corrected chi connectivity index (χ2v) is 9.34. The van der Waals surface area contributed by atoms with Gasteiger partial charge < -0.3 is 14.4 Å². The van der Waals surface area contributed by atoms with Gasteiger partial charge in [-0.25, -0.2) is 0 Å². The lowest BCUT2D eigenvalue weighted by Gasteiger charge is -2.34. The lowest BCUT2D eigenvalue weighted by atomic mass is 9.89. The van der Waals surface area contributed by atoms with E-state index in [2.05, 4.69) is 48.6 Å². The standard InChI is InChI=1S/C13H30N.C10H20O2/c1-5-8-11-14(4,12-9-6-2)13-10-7-3;1-10(2,3)8-6-4-5-7-9(11)12/h5-13H2,1-4H3;4-8H2,1-3H3,(H,11,12)/q+1;/p-1. The highest BCUT2D eigenvalue weighted by Crippen LogP contribution is 2.22.